The molecule has 108 valence electrons. The second kappa shape index (κ2) is 6.90. The minimum absolute atomic E-state index is 0.0780. The molecular formula is C11H10Cl2N2O4S. The number of hydrogen-bond donors (Lipinski definition) is 1. The van der Waals surface area contributed by atoms with Crippen molar-refractivity contribution in [3.05, 3.63) is 28.2 Å². The van der Waals surface area contributed by atoms with E-state index < -0.39 is 28.6 Å². The molecule has 1 aromatic carbocycles. The van der Waals surface area contributed by atoms with Gasteiger partial charge in [-0.15, -0.1) is 0 Å². The maximum Gasteiger partial charge on any atom is 0.324 e. The standard InChI is InChI=1S/C11H10Cl2N2O4S/c1-7(11(16)19-5-4-14)15-20(17,18)8-2-3-9(12)10(13)6-8/h2-3,6-7,15H,5H2,1H3/t7-/m0/s1. The minimum Gasteiger partial charge on any atom is -0.449 e. The van der Waals surface area contributed by atoms with E-state index in [9.17, 15) is 13.2 Å². The molecule has 0 aliphatic rings. The van der Waals surface area contributed by atoms with Crippen molar-refractivity contribution < 1.29 is 17.9 Å². The Labute approximate surface area is 126 Å². The van der Waals surface area contributed by atoms with E-state index in [-0.39, 0.29) is 14.9 Å². The van der Waals surface area contributed by atoms with Crippen LogP contribution in [0.4, 0.5) is 0 Å². The zero-order valence-electron chi connectivity index (χ0n) is 10.3. The Morgan fingerprint density at radius 2 is 2.10 bits per heavy atom. The Morgan fingerprint density at radius 3 is 2.65 bits per heavy atom. The number of benzene rings is 1. The van der Waals surface area contributed by atoms with Gasteiger partial charge in [0.15, 0.2) is 6.61 Å². The van der Waals surface area contributed by atoms with Crippen LogP contribution in [-0.4, -0.2) is 27.0 Å². The predicted octanol–water partition coefficient (Wildman–Crippen LogP) is 1.73. The highest BCUT2D eigenvalue weighted by Gasteiger charge is 2.23. The van der Waals surface area contributed by atoms with E-state index in [1.54, 1.807) is 6.07 Å². The number of nitriles is 1. The highest BCUT2D eigenvalue weighted by molar-refractivity contribution is 7.89. The number of ether oxygens (including phenoxy) is 1. The van der Waals surface area contributed by atoms with E-state index in [0.29, 0.717) is 0 Å². The number of carbonyl (C=O) groups excluding carboxylic acids is 1. The summed E-state index contributed by atoms with van der Waals surface area (Å²) in [6.07, 6.45) is 0. The summed E-state index contributed by atoms with van der Waals surface area (Å²) in [6, 6.07) is 4.22. The molecule has 0 radical (unpaired) electrons. The van der Waals surface area contributed by atoms with Crippen LogP contribution in [0.2, 0.25) is 10.0 Å². The third kappa shape index (κ3) is 4.35. The lowest BCUT2D eigenvalue weighted by molar-refractivity contribution is -0.143. The van der Waals surface area contributed by atoms with Gasteiger partial charge in [0, 0.05) is 0 Å². The van der Waals surface area contributed by atoms with Crippen LogP contribution in [0.25, 0.3) is 0 Å². The number of sulfonamides is 1. The van der Waals surface area contributed by atoms with E-state index >= 15 is 0 Å². The average molecular weight is 337 g/mol. The molecule has 1 N–H and O–H groups in total. The molecule has 1 aromatic rings. The van der Waals surface area contributed by atoms with Gasteiger partial charge in [-0.3, -0.25) is 4.79 Å². The fourth-order valence-electron chi connectivity index (χ4n) is 1.22. The SMILES string of the molecule is C[C@H](NS(=O)(=O)c1ccc(Cl)c(Cl)c1)C(=O)OCC#N. The number of rotatable bonds is 5. The summed E-state index contributed by atoms with van der Waals surface area (Å²) in [7, 11) is -3.95. The normalized spacial score (nSPS) is 12.5. The summed E-state index contributed by atoms with van der Waals surface area (Å²) in [5.74, 6) is -0.852. The smallest absolute Gasteiger partial charge is 0.324 e. The van der Waals surface area contributed by atoms with Gasteiger partial charge in [-0.25, -0.2) is 8.42 Å². The Hall–Kier alpha value is -1.33. The van der Waals surface area contributed by atoms with Crippen LogP contribution >= 0.6 is 23.2 Å². The van der Waals surface area contributed by atoms with Gasteiger partial charge in [0.2, 0.25) is 10.0 Å². The van der Waals surface area contributed by atoms with Gasteiger partial charge in [-0.1, -0.05) is 23.2 Å². The first-order valence-corrected chi connectivity index (χ1v) is 7.53. The van der Waals surface area contributed by atoms with E-state index in [1.165, 1.54) is 25.1 Å². The predicted molar refractivity (Wildman–Crippen MR) is 72.8 cm³/mol. The Kier molecular flexibility index (Phi) is 5.77. The van der Waals surface area contributed by atoms with Crippen LogP contribution in [-0.2, 0) is 19.6 Å². The van der Waals surface area contributed by atoms with Crippen molar-refractivity contribution in [1.82, 2.24) is 4.72 Å². The number of hydrogen-bond acceptors (Lipinski definition) is 5. The second-order valence-electron chi connectivity index (χ2n) is 3.68. The number of carbonyl (C=O) groups is 1. The van der Waals surface area contributed by atoms with Crippen molar-refractivity contribution in [1.29, 1.82) is 5.26 Å². The molecule has 0 aliphatic carbocycles. The van der Waals surface area contributed by atoms with Crippen molar-refractivity contribution in [2.75, 3.05) is 6.61 Å². The highest BCUT2D eigenvalue weighted by atomic mass is 35.5. The number of nitrogens with one attached hydrogen (secondary N) is 1. The van der Waals surface area contributed by atoms with E-state index in [2.05, 4.69) is 9.46 Å². The lowest BCUT2D eigenvalue weighted by Gasteiger charge is -2.13. The lowest BCUT2D eigenvalue weighted by Crippen LogP contribution is -2.39. The first kappa shape index (κ1) is 16.7. The first-order chi connectivity index (χ1) is 9.27. The van der Waals surface area contributed by atoms with Crippen LogP contribution in [0.5, 0.6) is 0 Å². The largest absolute Gasteiger partial charge is 0.449 e. The molecule has 0 saturated carbocycles. The quantitative estimate of drug-likeness (QED) is 0.826. The van der Waals surface area contributed by atoms with Crippen LogP contribution < -0.4 is 4.72 Å². The zero-order valence-corrected chi connectivity index (χ0v) is 12.6. The number of halogens is 2. The highest BCUT2D eigenvalue weighted by Crippen LogP contribution is 2.24. The monoisotopic (exact) mass is 336 g/mol. The molecule has 0 heterocycles. The third-order valence-corrected chi connectivity index (χ3v) is 4.44. The molecule has 0 saturated heterocycles. The van der Waals surface area contributed by atoms with Crippen molar-refractivity contribution in [2.24, 2.45) is 0 Å². The molecule has 1 rings (SSSR count). The van der Waals surface area contributed by atoms with Gasteiger partial charge in [0.25, 0.3) is 0 Å². The van der Waals surface area contributed by atoms with Crippen LogP contribution in [0.15, 0.2) is 23.1 Å². The summed E-state index contributed by atoms with van der Waals surface area (Å²) < 4.78 is 30.6. The molecule has 9 heteroatoms. The zero-order chi connectivity index (χ0) is 15.3. The van der Waals surface area contributed by atoms with Gasteiger partial charge >= 0.3 is 5.97 Å². The minimum atomic E-state index is -3.95. The van der Waals surface area contributed by atoms with Crippen molar-refractivity contribution in [3.63, 3.8) is 0 Å². The topological polar surface area (TPSA) is 96.3 Å². The molecule has 0 spiro atoms. The Morgan fingerprint density at radius 1 is 1.45 bits per heavy atom. The summed E-state index contributed by atoms with van der Waals surface area (Å²) in [4.78, 5) is 11.3. The maximum atomic E-state index is 12.0. The van der Waals surface area contributed by atoms with Crippen LogP contribution in [0.1, 0.15) is 6.92 Å². The molecule has 0 aromatic heterocycles. The molecule has 0 unspecified atom stereocenters. The Balaban J connectivity index is 2.87. The van der Waals surface area contributed by atoms with Gasteiger partial charge in [-0.2, -0.15) is 9.98 Å². The van der Waals surface area contributed by atoms with Crippen molar-refractivity contribution in [3.8, 4) is 6.07 Å². The molecular weight excluding hydrogens is 327 g/mol. The van der Waals surface area contributed by atoms with Crippen LogP contribution in [0, 0.1) is 11.3 Å². The molecule has 1 atom stereocenters. The number of nitrogens with zero attached hydrogens (tertiary/aromatic N) is 1. The summed E-state index contributed by atoms with van der Waals surface area (Å²) in [5, 5.41) is 8.56. The first-order valence-electron chi connectivity index (χ1n) is 5.29. The van der Waals surface area contributed by atoms with Gasteiger partial charge in [0.1, 0.15) is 12.1 Å². The van der Waals surface area contributed by atoms with Crippen molar-refractivity contribution in [2.45, 2.75) is 17.9 Å². The average Bonchev–Trinajstić information content (AvgIpc) is 2.38. The fourth-order valence-corrected chi connectivity index (χ4v) is 2.80. The van der Waals surface area contributed by atoms with E-state index in [4.69, 9.17) is 28.5 Å². The molecule has 0 aliphatic heterocycles. The lowest BCUT2D eigenvalue weighted by atomic mass is 10.4. The summed E-state index contributed by atoms with van der Waals surface area (Å²) >= 11 is 11.4. The molecule has 0 bridgehead atoms. The van der Waals surface area contributed by atoms with Crippen molar-refractivity contribution >= 4 is 39.2 Å². The van der Waals surface area contributed by atoms with E-state index in [0.717, 1.165) is 0 Å². The summed E-state index contributed by atoms with van der Waals surface area (Å²) in [6.45, 7) is 0.854. The van der Waals surface area contributed by atoms with Gasteiger partial charge < -0.3 is 4.74 Å². The number of esters is 1. The molecule has 0 fully saturated rings. The molecule has 20 heavy (non-hydrogen) atoms. The van der Waals surface area contributed by atoms with Gasteiger partial charge in [-0.05, 0) is 25.1 Å². The Bertz CT molecular complexity index is 655. The van der Waals surface area contributed by atoms with Gasteiger partial charge in [0.05, 0.1) is 14.9 Å². The third-order valence-electron chi connectivity index (χ3n) is 2.17. The fraction of sp³-hybridized carbons (Fsp3) is 0.273. The summed E-state index contributed by atoms with van der Waals surface area (Å²) in [5.41, 5.74) is 0. The maximum absolute atomic E-state index is 12.0. The molecule has 0 amide bonds. The second-order valence-corrected chi connectivity index (χ2v) is 6.21. The molecule has 6 nitrogen and oxygen atoms in total. The van der Waals surface area contributed by atoms with Crippen LogP contribution in [0.3, 0.4) is 0 Å². The van der Waals surface area contributed by atoms with E-state index in [1.807, 2.05) is 0 Å².